The molecule has 0 aliphatic carbocycles. The molecule has 0 amide bonds. The van der Waals surface area contributed by atoms with Crippen LogP contribution < -0.4 is 0 Å². The molecule has 0 atom stereocenters. The molecule has 110 valence electrons. The Balaban J connectivity index is 2.13. The van der Waals surface area contributed by atoms with E-state index in [-0.39, 0.29) is 0 Å². The van der Waals surface area contributed by atoms with E-state index >= 15 is 0 Å². The fourth-order valence-electron chi connectivity index (χ4n) is 2.63. The van der Waals surface area contributed by atoms with Crippen molar-refractivity contribution in [2.45, 2.75) is 26.3 Å². The van der Waals surface area contributed by atoms with Crippen molar-refractivity contribution in [3.8, 4) is 0 Å². The Morgan fingerprint density at radius 1 is 1.33 bits per heavy atom. The molecule has 3 aromatic rings. The van der Waals surface area contributed by atoms with E-state index in [1.807, 2.05) is 23.9 Å². The Morgan fingerprint density at radius 2 is 2.10 bits per heavy atom. The summed E-state index contributed by atoms with van der Waals surface area (Å²) in [5.41, 5.74) is 4.41. The van der Waals surface area contributed by atoms with E-state index in [1.54, 1.807) is 0 Å². The van der Waals surface area contributed by atoms with E-state index in [1.165, 1.54) is 5.56 Å². The SMILES string of the molecule is CCCc1nn(C)c2c1[nH]c(=S)n2Cc1ccccc1Br. The molecule has 2 heterocycles. The van der Waals surface area contributed by atoms with Crippen molar-refractivity contribution in [1.82, 2.24) is 19.3 Å². The van der Waals surface area contributed by atoms with Crippen LogP contribution in [0, 0.1) is 4.77 Å². The van der Waals surface area contributed by atoms with Gasteiger partial charge in [-0.3, -0.25) is 9.25 Å². The predicted molar refractivity (Wildman–Crippen MR) is 91.1 cm³/mol. The summed E-state index contributed by atoms with van der Waals surface area (Å²) < 4.78 is 5.86. The zero-order valence-electron chi connectivity index (χ0n) is 12.1. The van der Waals surface area contributed by atoms with Crippen LogP contribution >= 0.6 is 28.1 Å². The second-order valence-electron chi connectivity index (χ2n) is 5.13. The number of hydrogen-bond donors (Lipinski definition) is 1. The van der Waals surface area contributed by atoms with Gasteiger partial charge in [0.05, 0.1) is 12.2 Å². The number of H-pyrrole nitrogens is 1. The summed E-state index contributed by atoms with van der Waals surface area (Å²) in [7, 11) is 1.97. The second kappa shape index (κ2) is 5.77. The molecule has 4 nitrogen and oxygen atoms in total. The number of aromatic nitrogens is 4. The average molecular weight is 365 g/mol. The number of nitrogens with one attached hydrogen (secondary N) is 1. The number of halogens is 1. The van der Waals surface area contributed by atoms with Crippen LogP contribution in [-0.4, -0.2) is 19.3 Å². The lowest BCUT2D eigenvalue weighted by atomic mass is 10.2. The van der Waals surface area contributed by atoms with Crippen LogP contribution in [0.15, 0.2) is 28.7 Å². The third-order valence-corrected chi connectivity index (χ3v) is 4.69. The van der Waals surface area contributed by atoms with Gasteiger partial charge < -0.3 is 4.98 Å². The third-order valence-electron chi connectivity index (χ3n) is 3.60. The third kappa shape index (κ3) is 2.58. The number of rotatable bonds is 4. The first-order valence-electron chi connectivity index (χ1n) is 6.99. The molecule has 0 aliphatic rings. The molecule has 0 bridgehead atoms. The first-order valence-corrected chi connectivity index (χ1v) is 8.19. The fourth-order valence-corrected chi connectivity index (χ4v) is 3.30. The summed E-state index contributed by atoms with van der Waals surface area (Å²) in [6.45, 7) is 2.89. The van der Waals surface area contributed by atoms with Crippen LogP contribution in [0.2, 0.25) is 0 Å². The maximum atomic E-state index is 5.50. The van der Waals surface area contributed by atoms with E-state index in [9.17, 15) is 0 Å². The van der Waals surface area contributed by atoms with E-state index in [4.69, 9.17) is 12.2 Å². The molecule has 0 fully saturated rings. The van der Waals surface area contributed by atoms with Crippen LogP contribution in [0.4, 0.5) is 0 Å². The van der Waals surface area contributed by atoms with Gasteiger partial charge in [-0.1, -0.05) is 47.5 Å². The molecule has 1 aromatic carbocycles. The predicted octanol–water partition coefficient (Wildman–Crippen LogP) is 4.20. The standard InChI is InChI=1S/C15H17BrN4S/c1-3-6-12-13-14(19(2)18-12)20(15(21)17-13)9-10-7-4-5-8-11(10)16/h4-5,7-8H,3,6,9H2,1-2H3,(H,17,21). The van der Waals surface area contributed by atoms with Crippen molar-refractivity contribution in [1.29, 1.82) is 0 Å². The van der Waals surface area contributed by atoms with Crippen LogP contribution in [0.3, 0.4) is 0 Å². The van der Waals surface area contributed by atoms with Crippen molar-refractivity contribution in [3.63, 3.8) is 0 Å². The van der Waals surface area contributed by atoms with Gasteiger partial charge >= 0.3 is 0 Å². The van der Waals surface area contributed by atoms with Gasteiger partial charge in [0.25, 0.3) is 0 Å². The maximum absolute atomic E-state index is 5.50. The van der Waals surface area contributed by atoms with Crippen molar-refractivity contribution in [2.24, 2.45) is 7.05 Å². The lowest BCUT2D eigenvalue weighted by Crippen LogP contribution is -2.05. The van der Waals surface area contributed by atoms with Gasteiger partial charge in [-0.25, -0.2) is 0 Å². The van der Waals surface area contributed by atoms with Gasteiger partial charge in [-0.05, 0) is 30.3 Å². The summed E-state index contributed by atoms with van der Waals surface area (Å²) in [6, 6.07) is 8.21. The number of hydrogen-bond acceptors (Lipinski definition) is 2. The van der Waals surface area contributed by atoms with Crippen molar-refractivity contribution < 1.29 is 0 Å². The lowest BCUT2D eigenvalue weighted by molar-refractivity contribution is 0.702. The van der Waals surface area contributed by atoms with Crippen molar-refractivity contribution in [2.75, 3.05) is 0 Å². The summed E-state index contributed by atoms with van der Waals surface area (Å²) in [5, 5.41) is 4.61. The highest BCUT2D eigenvalue weighted by molar-refractivity contribution is 9.10. The Kier molecular flexibility index (Phi) is 3.99. The molecule has 3 rings (SSSR count). The summed E-state index contributed by atoms with van der Waals surface area (Å²) >= 11 is 9.10. The minimum atomic E-state index is 0.728. The Bertz CT molecular complexity index is 843. The monoisotopic (exact) mass is 364 g/mol. The molecule has 1 N–H and O–H groups in total. The van der Waals surface area contributed by atoms with Crippen LogP contribution in [0.5, 0.6) is 0 Å². The molecule has 6 heteroatoms. The second-order valence-corrected chi connectivity index (χ2v) is 6.37. The van der Waals surface area contributed by atoms with Crippen molar-refractivity contribution >= 4 is 39.3 Å². The van der Waals surface area contributed by atoms with E-state index in [0.717, 1.165) is 45.5 Å². The smallest absolute Gasteiger partial charge is 0.179 e. The van der Waals surface area contributed by atoms with E-state index in [2.05, 4.69) is 49.6 Å². The molecular weight excluding hydrogens is 348 g/mol. The van der Waals surface area contributed by atoms with Gasteiger partial charge in [0.15, 0.2) is 10.4 Å². The summed E-state index contributed by atoms with van der Waals surface area (Å²) in [6.07, 6.45) is 2.03. The number of aromatic amines is 1. The van der Waals surface area contributed by atoms with Gasteiger partial charge in [0, 0.05) is 11.5 Å². The first-order chi connectivity index (χ1) is 10.1. The van der Waals surface area contributed by atoms with Gasteiger partial charge in [-0.15, -0.1) is 0 Å². The molecule has 0 radical (unpaired) electrons. The van der Waals surface area contributed by atoms with E-state index < -0.39 is 0 Å². The van der Waals surface area contributed by atoms with Gasteiger partial charge in [-0.2, -0.15) is 5.10 Å². The maximum Gasteiger partial charge on any atom is 0.179 e. The van der Waals surface area contributed by atoms with Crippen molar-refractivity contribution in [3.05, 3.63) is 44.8 Å². The molecule has 0 saturated carbocycles. The number of benzene rings is 1. The minimum absolute atomic E-state index is 0.728. The topological polar surface area (TPSA) is 38.5 Å². The minimum Gasteiger partial charge on any atom is -0.328 e. The highest BCUT2D eigenvalue weighted by atomic mass is 79.9. The van der Waals surface area contributed by atoms with Crippen LogP contribution in [-0.2, 0) is 20.0 Å². The van der Waals surface area contributed by atoms with Crippen LogP contribution in [0.1, 0.15) is 24.6 Å². The molecule has 2 aromatic heterocycles. The molecule has 0 spiro atoms. The lowest BCUT2D eigenvalue weighted by Gasteiger charge is -2.07. The number of fused-ring (bicyclic) bond motifs is 1. The average Bonchev–Trinajstić information content (AvgIpc) is 2.92. The zero-order chi connectivity index (χ0) is 15.0. The quantitative estimate of drug-likeness (QED) is 0.704. The largest absolute Gasteiger partial charge is 0.328 e. The normalized spacial score (nSPS) is 11.4. The van der Waals surface area contributed by atoms with E-state index in [0.29, 0.717) is 0 Å². The molecule has 21 heavy (non-hydrogen) atoms. The molecule has 0 saturated heterocycles. The molecule has 0 unspecified atom stereocenters. The highest BCUT2D eigenvalue weighted by Crippen LogP contribution is 2.22. The Labute approximate surface area is 136 Å². The van der Waals surface area contributed by atoms with Crippen LogP contribution in [0.25, 0.3) is 11.2 Å². The molecule has 0 aliphatic heterocycles. The van der Waals surface area contributed by atoms with Gasteiger partial charge in [0.2, 0.25) is 0 Å². The number of imidazole rings is 1. The fraction of sp³-hybridized carbons (Fsp3) is 0.333. The Morgan fingerprint density at radius 3 is 2.81 bits per heavy atom. The number of nitrogens with zero attached hydrogens (tertiary/aromatic N) is 3. The Hall–Kier alpha value is -1.40. The molecular formula is C15H17BrN4S. The summed E-state index contributed by atoms with van der Waals surface area (Å²) in [4.78, 5) is 3.32. The number of aryl methyl sites for hydroxylation is 2. The highest BCUT2D eigenvalue weighted by Gasteiger charge is 2.15. The summed E-state index contributed by atoms with van der Waals surface area (Å²) in [5.74, 6) is 0. The zero-order valence-corrected chi connectivity index (χ0v) is 14.5. The van der Waals surface area contributed by atoms with Gasteiger partial charge in [0.1, 0.15) is 5.52 Å². The first kappa shape index (κ1) is 14.5.